The Labute approximate surface area is 246 Å². The summed E-state index contributed by atoms with van der Waals surface area (Å²) in [6.07, 6.45) is 0. The van der Waals surface area contributed by atoms with Crippen LogP contribution in [0.1, 0.15) is 15.9 Å². The van der Waals surface area contributed by atoms with Gasteiger partial charge in [0.15, 0.2) is 0 Å². The summed E-state index contributed by atoms with van der Waals surface area (Å²) >= 11 is 15.6. The summed E-state index contributed by atoms with van der Waals surface area (Å²) < 4.78 is 28.8. The lowest BCUT2D eigenvalue weighted by atomic mass is 10.1. The third-order valence-corrected chi connectivity index (χ3v) is 9.26. The van der Waals surface area contributed by atoms with Gasteiger partial charge in [-0.3, -0.25) is 9.59 Å². The highest BCUT2D eigenvalue weighted by Gasteiger charge is 2.28. The van der Waals surface area contributed by atoms with Crippen LogP contribution in [0.3, 0.4) is 0 Å². The lowest BCUT2D eigenvalue weighted by Crippen LogP contribution is -2.47. The third kappa shape index (κ3) is 7.59. The van der Waals surface area contributed by atoms with Crippen molar-refractivity contribution in [3.63, 3.8) is 0 Å². The number of carbonyl (C=O) groups excluding carboxylic acids is 2. The number of sulfonamides is 1. The van der Waals surface area contributed by atoms with Gasteiger partial charge in [-0.25, -0.2) is 8.42 Å². The molecule has 1 fully saturated rings. The molecule has 3 aromatic rings. The van der Waals surface area contributed by atoms with Crippen LogP contribution in [-0.2, 0) is 21.4 Å². The molecule has 1 aliphatic rings. The lowest BCUT2D eigenvalue weighted by molar-refractivity contribution is -0.116. The summed E-state index contributed by atoms with van der Waals surface area (Å²) in [7, 11) is -2.04. The molecule has 0 aliphatic carbocycles. The maximum absolute atomic E-state index is 13.5. The Morgan fingerprint density at radius 2 is 1.59 bits per heavy atom. The second-order valence-electron chi connectivity index (χ2n) is 9.18. The molecule has 4 rings (SSSR count). The number of nitrogens with zero attached hydrogens (tertiary/aromatic N) is 3. The Hall–Kier alpha value is -2.47. The van der Waals surface area contributed by atoms with Gasteiger partial charge < -0.3 is 15.1 Å². The second kappa shape index (κ2) is 12.8. The van der Waals surface area contributed by atoms with E-state index in [4.69, 9.17) is 23.2 Å². The molecule has 3 aromatic carbocycles. The van der Waals surface area contributed by atoms with Crippen LogP contribution in [0.2, 0.25) is 10.0 Å². The van der Waals surface area contributed by atoms with Crippen molar-refractivity contribution >= 4 is 66.7 Å². The first-order valence-electron chi connectivity index (χ1n) is 12.1. The molecule has 39 heavy (non-hydrogen) atoms. The Bertz CT molecular complexity index is 1450. The fourth-order valence-corrected chi connectivity index (χ4v) is 6.18. The molecule has 8 nitrogen and oxygen atoms in total. The molecule has 0 bridgehead atoms. The Morgan fingerprint density at radius 1 is 0.949 bits per heavy atom. The van der Waals surface area contributed by atoms with Crippen molar-refractivity contribution in [2.45, 2.75) is 11.4 Å². The monoisotopic (exact) mass is 652 g/mol. The normalized spacial score (nSPS) is 14.4. The van der Waals surface area contributed by atoms with Gasteiger partial charge in [-0.05, 0) is 73.3 Å². The van der Waals surface area contributed by atoms with Gasteiger partial charge in [-0.2, -0.15) is 4.31 Å². The minimum absolute atomic E-state index is 0.0374. The molecule has 0 unspecified atom stereocenters. The van der Waals surface area contributed by atoms with Gasteiger partial charge in [0.2, 0.25) is 15.9 Å². The number of hydrogen-bond donors (Lipinski definition) is 1. The van der Waals surface area contributed by atoms with Crippen LogP contribution < -0.4 is 5.32 Å². The van der Waals surface area contributed by atoms with Gasteiger partial charge in [0.05, 0.1) is 11.4 Å². The molecule has 1 N–H and O–H groups in total. The third-order valence-electron chi connectivity index (χ3n) is 6.34. The lowest BCUT2D eigenvalue weighted by Gasteiger charge is -2.32. The van der Waals surface area contributed by atoms with Crippen molar-refractivity contribution in [2.75, 3.05) is 45.1 Å². The van der Waals surface area contributed by atoms with Crippen LogP contribution in [-0.4, -0.2) is 74.1 Å². The van der Waals surface area contributed by atoms with E-state index in [1.54, 1.807) is 53.4 Å². The molecule has 0 radical (unpaired) electrons. The minimum atomic E-state index is -4.06. The highest BCUT2D eigenvalue weighted by Crippen LogP contribution is 2.26. The topological polar surface area (TPSA) is 90.0 Å². The van der Waals surface area contributed by atoms with Crippen LogP contribution in [0, 0.1) is 0 Å². The quantitative estimate of drug-likeness (QED) is 0.371. The predicted molar refractivity (Wildman–Crippen MR) is 157 cm³/mol. The van der Waals surface area contributed by atoms with Gasteiger partial charge in [-0.1, -0.05) is 45.2 Å². The van der Waals surface area contributed by atoms with Crippen molar-refractivity contribution in [3.05, 3.63) is 92.4 Å². The Balaban J connectivity index is 1.49. The highest BCUT2D eigenvalue weighted by molar-refractivity contribution is 9.10. The van der Waals surface area contributed by atoms with Crippen molar-refractivity contribution in [2.24, 2.45) is 0 Å². The zero-order valence-corrected chi connectivity index (χ0v) is 25.0. The summed E-state index contributed by atoms with van der Waals surface area (Å²) in [6, 6.07) is 17.5. The first kappa shape index (κ1) is 29.5. The Kier molecular flexibility index (Phi) is 9.69. The summed E-state index contributed by atoms with van der Waals surface area (Å²) in [6.45, 7) is 2.36. The van der Waals surface area contributed by atoms with Crippen LogP contribution in [0.4, 0.5) is 5.69 Å². The molecule has 0 aromatic heterocycles. The molecule has 1 saturated heterocycles. The molecule has 0 spiro atoms. The summed E-state index contributed by atoms with van der Waals surface area (Å²) in [5.41, 5.74) is 1.47. The molecule has 0 atom stereocenters. The van der Waals surface area contributed by atoms with Gasteiger partial charge in [0, 0.05) is 58.5 Å². The highest BCUT2D eigenvalue weighted by atomic mass is 79.9. The standard InChI is InChI=1S/C27H27BrCl2N4O4S/c1-32-12-14-33(15-13-32)27(36)19-3-8-23(9-4-19)31-26(35)18-34(17-20-2-7-22(29)16-25(20)30)39(37,38)24-10-5-21(28)6-11-24/h2-11,16H,12-15,17-18H2,1H3,(H,31,35). The number of carbonyl (C=O) groups is 2. The van der Waals surface area contributed by atoms with Crippen LogP contribution in [0.5, 0.6) is 0 Å². The van der Waals surface area contributed by atoms with E-state index in [1.165, 1.54) is 18.2 Å². The SMILES string of the molecule is CN1CCN(C(=O)c2ccc(NC(=O)CN(Cc3ccc(Cl)cc3Cl)S(=O)(=O)c3ccc(Br)cc3)cc2)CC1. The van der Waals surface area contributed by atoms with E-state index >= 15 is 0 Å². The molecular formula is C27H27BrCl2N4O4S. The average molecular weight is 654 g/mol. The maximum Gasteiger partial charge on any atom is 0.253 e. The number of nitrogens with one attached hydrogen (secondary N) is 1. The van der Waals surface area contributed by atoms with Gasteiger partial charge in [0.1, 0.15) is 0 Å². The zero-order chi connectivity index (χ0) is 28.2. The summed E-state index contributed by atoms with van der Waals surface area (Å²) in [5, 5.41) is 3.43. The number of piperazine rings is 1. The number of hydrogen-bond acceptors (Lipinski definition) is 5. The maximum atomic E-state index is 13.5. The van der Waals surface area contributed by atoms with Gasteiger partial charge in [-0.15, -0.1) is 0 Å². The predicted octanol–water partition coefficient (Wildman–Crippen LogP) is 4.97. The van der Waals surface area contributed by atoms with Crippen LogP contribution >= 0.6 is 39.1 Å². The zero-order valence-electron chi connectivity index (χ0n) is 21.1. The smallest absolute Gasteiger partial charge is 0.253 e. The first-order valence-corrected chi connectivity index (χ1v) is 15.1. The van der Waals surface area contributed by atoms with E-state index in [9.17, 15) is 18.0 Å². The Morgan fingerprint density at radius 3 is 2.21 bits per heavy atom. The molecule has 1 heterocycles. The second-order valence-corrected chi connectivity index (χ2v) is 12.9. The van der Waals surface area contributed by atoms with E-state index in [2.05, 4.69) is 26.1 Å². The molecule has 0 saturated carbocycles. The molecular weight excluding hydrogens is 627 g/mol. The average Bonchev–Trinajstić information content (AvgIpc) is 2.90. The number of halogens is 3. The summed E-state index contributed by atoms with van der Waals surface area (Å²) in [5.74, 6) is -0.605. The number of anilines is 1. The number of rotatable bonds is 8. The number of benzene rings is 3. The van der Waals surface area contributed by atoms with Crippen LogP contribution in [0.15, 0.2) is 76.1 Å². The molecule has 206 valence electrons. The fraction of sp³-hybridized carbons (Fsp3) is 0.259. The van der Waals surface area contributed by atoms with Crippen LogP contribution in [0.25, 0.3) is 0 Å². The van der Waals surface area contributed by atoms with Gasteiger partial charge >= 0.3 is 0 Å². The van der Waals surface area contributed by atoms with E-state index in [0.29, 0.717) is 39.9 Å². The number of amides is 2. The molecule has 12 heteroatoms. The van der Waals surface area contributed by atoms with Crippen molar-refractivity contribution in [3.8, 4) is 0 Å². The largest absolute Gasteiger partial charge is 0.336 e. The number of likely N-dealkylation sites (N-methyl/N-ethyl adjacent to an activating group) is 1. The fourth-order valence-electron chi connectivity index (χ4n) is 4.07. The van der Waals surface area contributed by atoms with Crippen molar-refractivity contribution < 1.29 is 18.0 Å². The van der Waals surface area contributed by atoms with E-state index in [0.717, 1.165) is 21.9 Å². The van der Waals surface area contributed by atoms with Crippen molar-refractivity contribution in [1.82, 2.24) is 14.1 Å². The molecule has 1 aliphatic heterocycles. The van der Waals surface area contributed by atoms with Gasteiger partial charge in [0.25, 0.3) is 5.91 Å². The van der Waals surface area contributed by atoms with E-state index in [-0.39, 0.29) is 17.3 Å². The van der Waals surface area contributed by atoms with E-state index < -0.39 is 22.5 Å². The van der Waals surface area contributed by atoms with Crippen molar-refractivity contribution in [1.29, 1.82) is 0 Å². The summed E-state index contributed by atoms with van der Waals surface area (Å²) in [4.78, 5) is 29.8. The molecule has 2 amide bonds. The first-order chi connectivity index (χ1) is 18.5. The minimum Gasteiger partial charge on any atom is -0.336 e. The van der Waals surface area contributed by atoms with E-state index in [1.807, 2.05) is 7.05 Å².